The lowest BCUT2D eigenvalue weighted by molar-refractivity contribution is -0.0155. The molecule has 4 heteroatoms. The Kier molecular flexibility index (Phi) is 4.07. The summed E-state index contributed by atoms with van der Waals surface area (Å²) in [5, 5.41) is 27.6. The Bertz CT molecular complexity index is 314. The zero-order valence-corrected chi connectivity index (χ0v) is 9.40. The van der Waals surface area contributed by atoms with Crippen LogP contribution in [0.1, 0.15) is 17.2 Å². The molecule has 14 heavy (non-hydrogen) atoms. The highest BCUT2D eigenvalue weighted by Gasteiger charge is 2.19. The molecule has 1 aromatic carbocycles. The third-order valence-electron chi connectivity index (χ3n) is 2.03. The van der Waals surface area contributed by atoms with E-state index < -0.39 is 18.8 Å². The highest BCUT2D eigenvalue weighted by atomic mass is 79.9. The number of benzene rings is 1. The van der Waals surface area contributed by atoms with E-state index in [0.717, 1.165) is 10.0 Å². The monoisotopic (exact) mass is 260 g/mol. The van der Waals surface area contributed by atoms with E-state index in [1.165, 1.54) is 0 Å². The first-order chi connectivity index (χ1) is 6.56. The van der Waals surface area contributed by atoms with Gasteiger partial charge in [-0.1, -0.05) is 28.1 Å². The first kappa shape index (κ1) is 11.7. The van der Waals surface area contributed by atoms with Crippen molar-refractivity contribution in [2.45, 2.75) is 19.1 Å². The Labute approximate surface area is 91.1 Å². The van der Waals surface area contributed by atoms with Gasteiger partial charge in [-0.15, -0.1) is 0 Å². The summed E-state index contributed by atoms with van der Waals surface area (Å²) in [5.41, 5.74) is 1.64. The molecule has 0 amide bonds. The lowest BCUT2D eigenvalue weighted by Crippen LogP contribution is -2.22. The van der Waals surface area contributed by atoms with E-state index in [2.05, 4.69) is 15.9 Å². The first-order valence-corrected chi connectivity index (χ1v) is 5.08. The lowest BCUT2D eigenvalue weighted by Gasteiger charge is -2.17. The summed E-state index contributed by atoms with van der Waals surface area (Å²) < 4.78 is 0.734. The number of aryl methyl sites for hydroxylation is 1. The van der Waals surface area contributed by atoms with Crippen LogP contribution >= 0.6 is 15.9 Å². The number of aliphatic hydroxyl groups excluding tert-OH is 3. The molecule has 0 saturated heterocycles. The van der Waals surface area contributed by atoms with Crippen molar-refractivity contribution < 1.29 is 15.3 Å². The van der Waals surface area contributed by atoms with Gasteiger partial charge in [0.25, 0.3) is 0 Å². The zero-order valence-electron chi connectivity index (χ0n) is 7.81. The molecule has 3 nitrogen and oxygen atoms in total. The van der Waals surface area contributed by atoms with Crippen LogP contribution in [0.5, 0.6) is 0 Å². The molecule has 0 aromatic heterocycles. The molecule has 0 aliphatic heterocycles. The number of rotatable bonds is 3. The predicted octanol–water partition coefficient (Wildman–Crippen LogP) is 1.14. The van der Waals surface area contributed by atoms with Gasteiger partial charge in [0, 0.05) is 4.47 Å². The van der Waals surface area contributed by atoms with Gasteiger partial charge in [-0.25, -0.2) is 0 Å². The third-order valence-corrected chi connectivity index (χ3v) is 2.71. The van der Waals surface area contributed by atoms with E-state index >= 15 is 0 Å². The fraction of sp³-hybridized carbons (Fsp3) is 0.400. The van der Waals surface area contributed by atoms with Crippen molar-refractivity contribution in [3.63, 3.8) is 0 Å². The van der Waals surface area contributed by atoms with Crippen molar-refractivity contribution in [3.05, 3.63) is 33.8 Å². The fourth-order valence-electron chi connectivity index (χ4n) is 1.18. The van der Waals surface area contributed by atoms with Gasteiger partial charge in [0.05, 0.1) is 6.61 Å². The van der Waals surface area contributed by atoms with Crippen molar-refractivity contribution in [1.29, 1.82) is 0 Å². The van der Waals surface area contributed by atoms with Gasteiger partial charge in [0.2, 0.25) is 0 Å². The topological polar surface area (TPSA) is 60.7 Å². The number of hydrogen-bond donors (Lipinski definition) is 3. The molecule has 1 rings (SSSR count). The normalized spacial score (nSPS) is 15.2. The SMILES string of the molecule is Cc1ccc(C(O)C(O)CO)c(Br)c1. The fourth-order valence-corrected chi connectivity index (χ4v) is 1.91. The van der Waals surface area contributed by atoms with Crippen LogP contribution in [0.25, 0.3) is 0 Å². The van der Waals surface area contributed by atoms with Crippen LogP contribution < -0.4 is 0 Å². The van der Waals surface area contributed by atoms with Gasteiger partial charge in [-0.2, -0.15) is 0 Å². The van der Waals surface area contributed by atoms with Crippen molar-refractivity contribution in [2.75, 3.05) is 6.61 Å². The number of hydrogen-bond acceptors (Lipinski definition) is 3. The van der Waals surface area contributed by atoms with Crippen LogP contribution in [0.4, 0.5) is 0 Å². The minimum absolute atomic E-state index is 0.457. The second kappa shape index (κ2) is 4.89. The summed E-state index contributed by atoms with van der Waals surface area (Å²) in [7, 11) is 0. The van der Waals surface area contributed by atoms with Crippen molar-refractivity contribution in [2.24, 2.45) is 0 Å². The van der Waals surface area contributed by atoms with Gasteiger partial charge >= 0.3 is 0 Å². The van der Waals surface area contributed by atoms with Crippen LogP contribution in [0, 0.1) is 6.92 Å². The number of halogens is 1. The summed E-state index contributed by atoms with van der Waals surface area (Å²) in [6.07, 6.45) is -2.20. The van der Waals surface area contributed by atoms with Crippen LogP contribution in [-0.2, 0) is 0 Å². The molecule has 2 unspecified atom stereocenters. The zero-order chi connectivity index (χ0) is 10.7. The molecule has 78 valence electrons. The molecule has 1 aromatic rings. The van der Waals surface area contributed by atoms with Crippen LogP contribution in [-0.4, -0.2) is 28.0 Å². The average Bonchev–Trinajstić information content (AvgIpc) is 2.15. The quantitative estimate of drug-likeness (QED) is 0.764. The maximum absolute atomic E-state index is 9.62. The van der Waals surface area contributed by atoms with Crippen molar-refractivity contribution in [3.8, 4) is 0 Å². The molecule has 0 bridgehead atoms. The molecule has 0 heterocycles. The summed E-state index contributed by atoms with van der Waals surface area (Å²) in [6.45, 7) is 1.48. The van der Waals surface area contributed by atoms with Crippen LogP contribution in [0.15, 0.2) is 22.7 Å². The van der Waals surface area contributed by atoms with Crippen molar-refractivity contribution in [1.82, 2.24) is 0 Å². The summed E-state index contributed by atoms with van der Waals surface area (Å²) in [6, 6.07) is 5.42. The minimum atomic E-state index is -1.14. The average molecular weight is 261 g/mol. The highest BCUT2D eigenvalue weighted by molar-refractivity contribution is 9.10. The Balaban J connectivity index is 2.95. The Morgan fingerprint density at radius 2 is 2.00 bits per heavy atom. The molecule has 0 aliphatic carbocycles. The lowest BCUT2D eigenvalue weighted by atomic mass is 10.0. The Morgan fingerprint density at radius 1 is 1.36 bits per heavy atom. The highest BCUT2D eigenvalue weighted by Crippen LogP contribution is 2.26. The second-order valence-electron chi connectivity index (χ2n) is 3.22. The van der Waals surface area contributed by atoms with Crippen molar-refractivity contribution >= 4 is 15.9 Å². The van der Waals surface area contributed by atoms with E-state index in [1.807, 2.05) is 19.1 Å². The van der Waals surface area contributed by atoms with E-state index in [9.17, 15) is 10.2 Å². The molecule has 0 radical (unpaired) electrons. The number of aliphatic hydroxyl groups is 3. The molecule has 0 spiro atoms. The Morgan fingerprint density at radius 3 is 2.50 bits per heavy atom. The molecule has 2 atom stereocenters. The third kappa shape index (κ3) is 2.54. The summed E-state index contributed by atoms with van der Waals surface area (Å²) >= 11 is 3.29. The predicted molar refractivity (Wildman–Crippen MR) is 56.9 cm³/mol. The van der Waals surface area contributed by atoms with Gasteiger partial charge in [-0.3, -0.25) is 0 Å². The van der Waals surface area contributed by atoms with Gasteiger partial charge in [0.15, 0.2) is 0 Å². The van der Waals surface area contributed by atoms with Crippen LogP contribution in [0.3, 0.4) is 0 Å². The maximum Gasteiger partial charge on any atom is 0.108 e. The van der Waals surface area contributed by atoms with E-state index in [0.29, 0.717) is 5.56 Å². The molecule has 3 N–H and O–H groups in total. The first-order valence-electron chi connectivity index (χ1n) is 4.29. The molecular formula is C10H13BrO3. The standard InChI is InChI=1S/C10H13BrO3/c1-6-2-3-7(8(11)4-6)10(14)9(13)5-12/h2-4,9-10,12-14H,5H2,1H3. The van der Waals surface area contributed by atoms with Gasteiger partial charge in [-0.05, 0) is 24.1 Å². The van der Waals surface area contributed by atoms with E-state index in [4.69, 9.17) is 5.11 Å². The molecule has 0 saturated carbocycles. The smallest absolute Gasteiger partial charge is 0.108 e. The molecule has 0 aliphatic rings. The maximum atomic E-state index is 9.62. The minimum Gasteiger partial charge on any atom is -0.394 e. The van der Waals surface area contributed by atoms with Crippen LogP contribution in [0.2, 0.25) is 0 Å². The van der Waals surface area contributed by atoms with Gasteiger partial charge in [0.1, 0.15) is 12.2 Å². The largest absolute Gasteiger partial charge is 0.394 e. The van der Waals surface area contributed by atoms with Gasteiger partial charge < -0.3 is 15.3 Å². The Hall–Kier alpha value is -0.420. The summed E-state index contributed by atoms with van der Waals surface area (Å²) in [5.74, 6) is 0. The molecule has 0 fully saturated rings. The summed E-state index contributed by atoms with van der Waals surface area (Å²) in [4.78, 5) is 0. The molecular weight excluding hydrogens is 248 g/mol. The van der Waals surface area contributed by atoms with E-state index in [-0.39, 0.29) is 0 Å². The van der Waals surface area contributed by atoms with E-state index in [1.54, 1.807) is 6.07 Å². The second-order valence-corrected chi connectivity index (χ2v) is 4.07.